The first-order valence-corrected chi connectivity index (χ1v) is 9.93. The van der Waals surface area contributed by atoms with Gasteiger partial charge in [0.15, 0.2) is 0 Å². The van der Waals surface area contributed by atoms with Crippen molar-refractivity contribution in [3.05, 3.63) is 0 Å². The SMILES string of the molecule is COC(=O)[C@@H]1CCCN(C(=O)[C@H](C)NC(=O)[C@@H](NC(O)OC(C)(C)C)C(C)C)N1. The maximum Gasteiger partial charge on any atom is 0.324 e. The molecule has 0 spiro atoms. The third-order valence-corrected chi connectivity index (χ3v) is 4.40. The van der Waals surface area contributed by atoms with Gasteiger partial charge in [-0.2, -0.15) is 0 Å². The van der Waals surface area contributed by atoms with Gasteiger partial charge in [0.25, 0.3) is 5.91 Å². The minimum atomic E-state index is -1.33. The maximum atomic E-state index is 12.7. The van der Waals surface area contributed by atoms with Crippen LogP contribution in [0.2, 0.25) is 0 Å². The lowest BCUT2D eigenvalue weighted by molar-refractivity contribution is -0.188. The van der Waals surface area contributed by atoms with E-state index in [1.165, 1.54) is 12.1 Å². The molecule has 1 rings (SSSR count). The van der Waals surface area contributed by atoms with Crippen molar-refractivity contribution in [1.29, 1.82) is 0 Å². The molecule has 1 fully saturated rings. The van der Waals surface area contributed by atoms with E-state index in [1.54, 1.807) is 27.7 Å². The maximum absolute atomic E-state index is 12.7. The fourth-order valence-corrected chi connectivity index (χ4v) is 2.95. The molecule has 168 valence electrons. The minimum Gasteiger partial charge on any atom is -0.468 e. The van der Waals surface area contributed by atoms with Crippen LogP contribution in [0.25, 0.3) is 0 Å². The first kappa shape index (κ1) is 25.3. The van der Waals surface area contributed by atoms with E-state index < -0.39 is 42.0 Å². The molecule has 1 unspecified atom stereocenters. The number of aliphatic hydroxyl groups excluding tert-OH is 1. The van der Waals surface area contributed by atoms with E-state index in [4.69, 9.17) is 9.47 Å². The first-order chi connectivity index (χ1) is 13.4. The molecule has 0 aliphatic carbocycles. The summed E-state index contributed by atoms with van der Waals surface area (Å²) in [6, 6.07) is -2.18. The largest absolute Gasteiger partial charge is 0.468 e. The number of ether oxygens (including phenoxy) is 2. The summed E-state index contributed by atoms with van der Waals surface area (Å²) in [5, 5.41) is 16.8. The second kappa shape index (κ2) is 10.9. The van der Waals surface area contributed by atoms with Crippen LogP contribution in [0.3, 0.4) is 0 Å². The Labute approximate surface area is 172 Å². The van der Waals surface area contributed by atoms with Gasteiger partial charge in [0.2, 0.25) is 12.3 Å². The molecule has 0 aromatic carbocycles. The van der Waals surface area contributed by atoms with Gasteiger partial charge in [-0.15, -0.1) is 0 Å². The van der Waals surface area contributed by atoms with Crippen molar-refractivity contribution in [2.24, 2.45) is 5.92 Å². The molecule has 0 saturated carbocycles. The molecule has 4 N–H and O–H groups in total. The number of aliphatic hydroxyl groups is 1. The quantitative estimate of drug-likeness (QED) is 0.318. The van der Waals surface area contributed by atoms with Crippen molar-refractivity contribution >= 4 is 17.8 Å². The summed E-state index contributed by atoms with van der Waals surface area (Å²) in [6.07, 6.45) is -0.114. The lowest BCUT2D eigenvalue weighted by atomic mass is 10.0. The highest BCUT2D eigenvalue weighted by atomic mass is 16.6. The van der Waals surface area contributed by atoms with Crippen LogP contribution in [0, 0.1) is 5.92 Å². The summed E-state index contributed by atoms with van der Waals surface area (Å²) in [6.45, 7) is 11.0. The van der Waals surface area contributed by atoms with Crippen molar-refractivity contribution < 1.29 is 29.0 Å². The van der Waals surface area contributed by atoms with Gasteiger partial charge in [-0.1, -0.05) is 13.8 Å². The molecule has 1 saturated heterocycles. The molecule has 0 radical (unpaired) electrons. The topological polar surface area (TPSA) is 129 Å². The summed E-state index contributed by atoms with van der Waals surface area (Å²) in [5.41, 5.74) is 2.26. The van der Waals surface area contributed by atoms with Gasteiger partial charge < -0.3 is 19.9 Å². The highest BCUT2D eigenvalue weighted by molar-refractivity contribution is 5.89. The molecule has 1 aliphatic rings. The molecule has 10 heteroatoms. The molecular formula is C19H36N4O6. The smallest absolute Gasteiger partial charge is 0.324 e. The van der Waals surface area contributed by atoms with Gasteiger partial charge in [-0.05, 0) is 46.5 Å². The molecule has 4 atom stereocenters. The van der Waals surface area contributed by atoms with Gasteiger partial charge in [-0.3, -0.25) is 24.7 Å². The highest BCUT2D eigenvalue weighted by Gasteiger charge is 2.33. The number of hydrogen-bond donors (Lipinski definition) is 4. The molecule has 2 amide bonds. The Balaban J connectivity index is 2.69. The minimum absolute atomic E-state index is 0.160. The molecule has 0 aromatic heterocycles. The van der Waals surface area contributed by atoms with Crippen molar-refractivity contribution in [3.8, 4) is 0 Å². The van der Waals surface area contributed by atoms with Crippen LogP contribution in [0.15, 0.2) is 0 Å². The number of hydrazine groups is 1. The molecule has 29 heavy (non-hydrogen) atoms. The Bertz CT molecular complexity index is 578. The van der Waals surface area contributed by atoms with Crippen LogP contribution in [0.4, 0.5) is 0 Å². The number of carbonyl (C=O) groups excluding carboxylic acids is 3. The third-order valence-electron chi connectivity index (χ3n) is 4.40. The van der Waals surface area contributed by atoms with E-state index in [0.717, 1.165) is 0 Å². The van der Waals surface area contributed by atoms with Gasteiger partial charge in [0.05, 0.1) is 18.8 Å². The number of rotatable bonds is 8. The lowest BCUT2D eigenvalue weighted by Crippen LogP contribution is -2.61. The van der Waals surface area contributed by atoms with E-state index in [9.17, 15) is 19.5 Å². The molecule has 1 heterocycles. The van der Waals surface area contributed by atoms with Crippen molar-refractivity contribution in [3.63, 3.8) is 0 Å². The molecular weight excluding hydrogens is 380 g/mol. The standard InChI is InChI=1S/C19H36N4O6/c1-11(2)14(21-18(27)29-19(4,5)6)15(24)20-12(3)16(25)23-10-8-9-13(22-23)17(26)28-7/h11-14,18,21-22,27H,8-10H2,1-7H3,(H,20,24)/t12-,13-,14-,18?/m0/s1. The predicted molar refractivity (Wildman–Crippen MR) is 106 cm³/mol. The Morgan fingerprint density at radius 2 is 1.83 bits per heavy atom. The van der Waals surface area contributed by atoms with Gasteiger partial charge >= 0.3 is 5.97 Å². The zero-order valence-electron chi connectivity index (χ0n) is 18.4. The average Bonchev–Trinajstić information content (AvgIpc) is 2.63. The number of carbonyl (C=O) groups is 3. The van der Waals surface area contributed by atoms with E-state index in [1.807, 2.05) is 13.8 Å². The monoisotopic (exact) mass is 416 g/mol. The van der Waals surface area contributed by atoms with Crippen LogP contribution in [-0.4, -0.2) is 71.7 Å². The average molecular weight is 417 g/mol. The second-order valence-corrected chi connectivity index (χ2v) is 8.54. The number of esters is 1. The number of hydrogen-bond acceptors (Lipinski definition) is 8. The van der Waals surface area contributed by atoms with E-state index in [0.29, 0.717) is 19.4 Å². The van der Waals surface area contributed by atoms with Gasteiger partial charge in [-0.25, -0.2) is 5.43 Å². The van der Waals surface area contributed by atoms with Crippen molar-refractivity contribution in [1.82, 2.24) is 21.1 Å². The summed E-state index contributed by atoms with van der Waals surface area (Å²) in [5.74, 6) is -1.39. The molecule has 0 aromatic rings. The van der Waals surface area contributed by atoms with E-state index >= 15 is 0 Å². The molecule has 10 nitrogen and oxygen atoms in total. The Morgan fingerprint density at radius 1 is 1.21 bits per heavy atom. The fourth-order valence-electron chi connectivity index (χ4n) is 2.95. The summed E-state index contributed by atoms with van der Waals surface area (Å²) in [4.78, 5) is 37.1. The highest BCUT2D eigenvalue weighted by Crippen LogP contribution is 2.12. The van der Waals surface area contributed by atoms with E-state index in [2.05, 4.69) is 16.1 Å². The Hall–Kier alpha value is -1.75. The Kier molecular flexibility index (Phi) is 9.47. The van der Waals surface area contributed by atoms with E-state index in [-0.39, 0.29) is 11.8 Å². The van der Waals surface area contributed by atoms with Crippen LogP contribution in [0.1, 0.15) is 54.4 Å². The third kappa shape index (κ3) is 8.25. The van der Waals surface area contributed by atoms with Crippen LogP contribution >= 0.6 is 0 Å². The summed E-state index contributed by atoms with van der Waals surface area (Å²) < 4.78 is 10.1. The zero-order valence-corrected chi connectivity index (χ0v) is 18.4. The molecule has 0 bridgehead atoms. The normalized spacial score (nSPS) is 20.7. The van der Waals surface area contributed by atoms with Crippen molar-refractivity contribution in [2.75, 3.05) is 13.7 Å². The van der Waals surface area contributed by atoms with Crippen LogP contribution < -0.4 is 16.1 Å². The Morgan fingerprint density at radius 3 is 2.34 bits per heavy atom. The number of amides is 2. The van der Waals surface area contributed by atoms with Crippen LogP contribution in [-0.2, 0) is 23.9 Å². The summed E-state index contributed by atoms with van der Waals surface area (Å²) in [7, 11) is 1.30. The van der Waals surface area contributed by atoms with Crippen molar-refractivity contribution in [2.45, 2.75) is 84.5 Å². The number of nitrogens with zero attached hydrogens (tertiary/aromatic N) is 1. The fraction of sp³-hybridized carbons (Fsp3) is 0.842. The lowest BCUT2D eigenvalue weighted by Gasteiger charge is -2.34. The second-order valence-electron chi connectivity index (χ2n) is 8.54. The number of nitrogens with one attached hydrogen (secondary N) is 3. The van der Waals surface area contributed by atoms with Gasteiger partial charge in [0, 0.05) is 6.54 Å². The molecule has 1 aliphatic heterocycles. The van der Waals surface area contributed by atoms with Crippen LogP contribution in [0.5, 0.6) is 0 Å². The predicted octanol–water partition coefficient (Wildman–Crippen LogP) is -0.135. The number of methoxy groups -OCH3 is 1. The zero-order chi connectivity index (χ0) is 22.4. The first-order valence-electron chi connectivity index (χ1n) is 9.93. The van der Waals surface area contributed by atoms with Gasteiger partial charge in [0.1, 0.15) is 12.1 Å². The summed E-state index contributed by atoms with van der Waals surface area (Å²) >= 11 is 0.